The number of hydrazone groups is 1. The lowest BCUT2D eigenvalue weighted by Gasteiger charge is -2.38. The number of benzene rings is 3. The van der Waals surface area contributed by atoms with Crippen LogP contribution in [0.25, 0.3) is 0 Å². The van der Waals surface area contributed by atoms with Crippen molar-refractivity contribution >= 4 is 17.3 Å². The van der Waals surface area contributed by atoms with E-state index < -0.39 is 17.9 Å². The second-order valence-electron chi connectivity index (χ2n) is 6.84. The van der Waals surface area contributed by atoms with E-state index in [2.05, 4.69) is 0 Å². The lowest BCUT2D eigenvalue weighted by Crippen LogP contribution is -2.33. The Morgan fingerprint density at radius 2 is 1.75 bits per heavy atom. The molecule has 0 amide bonds. The van der Waals surface area contributed by atoms with Crippen LogP contribution in [0.2, 0.25) is 5.02 Å². The highest BCUT2D eigenvalue weighted by Gasteiger charge is 2.41. The molecule has 0 unspecified atom stereocenters. The molecule has 0 aromatic heterocycles. The van der Waals surface area contributed by atoms with Crippen LogP contribution in [-0.4, -0.2) is 10.7 Å². The Morgan fingerprint density at radius 3 is 2.54 bits per heavy atom. The lowest BCUT2D eigenvalue weighted by molar-refractivity contribution is -0.0192. The van der Waals surface area contributed by atoms with Crippen LogP contribution in [0.3, 0.4) is 0 Å². The number of para-hydroxylation sites is 1. The molecule has 6 heteroatoms. The third-order valence-electron chi connectivity index (χ3n) is 5.11. The number of hydrogen-bond donors (Lipinski definition) is 0. The zero-order valence-electron chi connectivity index (χ0n) is 14.6. The summed E-state index contributed by atoms with van der Waals surface area (Å²) in [5.41, 5.74) is 3.41. The Hall–Kier alpha value is -2.92. The molecule has 0 N–H and O–H groups in total. The summed E-state index contributed by atoms with van der Waals surface area (Å²) in [6, 6.07) is 19.0. The van der Waals surface area contributed by atoms with E-state index in [1.165, 1.54) is 12.1 Å². The van der Waals surface area contributed by atoms with Gasteiger partial charge in [-0.05, 0) is 35.9 Å². The number of rotatable bonds is 2. The lowest BCUT2D eigenvalue weighted by atomic mass is 9.96. The summed E-state index contributed by atoms with van der Waals surface area (Å²) in [7, 11) is 0. The summed E-state index contributed by atoms with van der Waals surface area (Å²) in [6.07, 6.45) is 0.0436. The van der Waals surface area contributed by atoms with Crippen LogP contribution in [0.1, 0.15) is 35.4 Å². The zero-order valence-corrected chi connectivity index (χ0v) is 15.4. The minimum atomic E-state index is -0.905. The topological polar surface area (TPSA) is 24.8 Å². The van der Waals surface area contributed by atoms with Crippen LogP contribution >= 0.6 is 11.6 Å². The van der Waals surface area contributed by atoms with Crippen LogP contribution in [0.5, 0.6) is 5.75 Å². The maximum absolute atomic E-state index is 13.9. The number of ether oxygens (including phenoxy) is 1. The van der Waals surface area contributed by atoms with Gasteiger partial charge in [0.25, 0.3) is 0 Å². The fourth-order valence-electron chi connectivity index (χ4n) is 3.74. The average molecular weight is 397 g/mol. The summed E-state index contributed by atoms with van der Waals surface area (Å²) < 4.78 is 33.4. The van der Waals surface area contributed by atoms with Gasteiger partial charge in [-0.15, -0.1) is 0 Å². The molecular formula is C22H15ClF2N2O. The SMILES string of the molecule is Fc1ccc([C@@H]2Oc3ccccc3[C@H]3CC(c4ccc(Cl)cc4)=NN32)cc1F. The van der Waals surface area contributed by atoms with Crippen molar-refractivity contribution < 1.29 is 13.5 Å². The second-order valence-corrected chi connectivity index (χ2v) is 7.27. The normalized spacial score (nSPS) is 20.2. The highest BCUT2D eigenvalue weighted by molar-refractivity contribution is 6.30. The van der Waals surface area contributed by atoms with Gasteiger partial charge in [-0.2, -0.15) is 5.10 Å². The number of nitrogens with zero attached hydrogens (tertiary/aromatic N) is 2. The first-order valence-electron chi connectivity index (χ1n) is 8.92. The molecule has 2 aliphatic rings. The first kappa shape index (κ1) is 17.2. The Morgan fingerprint density at radius 1 is 0.964 bits per heavy atom. The van der Waals surface area contributed by atoms with E-state index in [1.54, 1.807) is 0 Å². The van der Waals surface area contributed by atoms with Crippen molar-refractivity contribution in [2.24, 2.45) is 5.10 Å². The van der Waals surface area contributed by atoms with Gasteiger partial charge in [0, 0.05) is 22.6 Å². The molecule has 3 aromatic rings. The predicted octanol–water partition coefficient (Wildman–Crippen LogP) is 5.86. The van der Waals surface area contributed by atoms with Crippen molar-refractivity contribution in [1.82, 2.24) is 5.01 Å². The summed E-state index contributed by atoms with van der Waals surface area (Å²) in [5, 5.41) is 7.28. The third kappa shape index (κ3) is 2.83. The van der Waals surface area contributed by atoms with Crippen molar-refractivity contribution in [3.63, 3.8) is 0 Å². The standard InChI is InChI=1S/C22H15ClF2N2O/c23-15-8-5-13(6-9-15)19-12-20-16-3-1-2-4-21(16)28-22(27(20)26-19)14-7-10-17(24)18(25)11-14/h1-11,20,22H,12H2/t20-,22+/m1/s1. The summed E-state index contributed by atoms with van der Waals surface area (Å²) in [6.45, 7) is 0. The van der Waals surface area contributed by atoms with Crippen LogP contribution in [-0.2, 0) is 0 Å². The molecule has 0 fully saturated rings. The van der Waals surface area contributed by atoms with Crippen LogP contribution in [0.15, 0.2) is 71.8 Å². The van der Waals surface area contributed by atoms with E-state index in [4.69, 9.17) is 21.4 Å². The summed E-state index contributed by atoms with van der Waals surface area (Å²) >= 11 is 6.00. The van der Waals surface area contributed by atoms with Crippen molar-refractivity contribution in [2.45, 2.75) is 18.7 Å². The Kier molecular flexibility index (Phi) is 4.05. The summed E-state index contributed by atoms with van der Waals surface area (Å²) in [4.78, 5) is 0. The van der Waals surface area contributed by atoms with Crippen molar-refractivity contribution in [3.8, 4) is 5.75 Å². The monoisotopic (exact) mass is 396 g/mol. The molecule has 28 heavy (non-hydrogen) atoms. The first-order chi connectivity index (χ1) is 13.6. The van der Waals surface area contributed by atoms with Gasteiger partial charge < -0.3 is 4.74 Å². The van der Waals surface area contributed by atoms with Gasteiger partial charge in [-0.1, -0.05) is 48.0 Å². The molecule has 0 saturated carbocycles. The van der Waals surface area contributed by atoms with E-state index in [0.29, 0.717) is 17.0 Å². The minimum Gasteiger partial charge on any atom is -0.464 e. The predicted molar refractivity (Wildman–Crippen MR) is 103 cm³/mol. The third-order valence-corrected chi connectivity index (χ3v) is 5.36. The fourth-order valence-corrected chi connectivity index (χ4v) is 3.86. The molecule has 0 bridgehead atoms. The second kappa shape index (κ2) is 6.60. The molecule has 2 aliphatic heterocycles. The maximum Gasteiger partial charge on any atom is 0.213 e. The highest BCUT2D eigenvalue weighted by atomic mass is 35.5. The molecule has 3 aromatic carbocycles. The average Bonchev–Trinajstić information content (AvgIpc) is 3.16. The zero-order chi connectivity index (χ0) is 19.3. The van der Waals surface area contributed by atoms with Gasteiger partial charge in [0.1, 0.15) is 5.75 Å². The number of halogens is 3. The first-order valence-corrected chi connectivity index (χ1v) is 9.30. The quantitative estimate of drug-likeness (QED) is 0.542. The highest BCUT2D eigenvalue weighted by Crippen LogP contribution is 2.47. The van der Waals surface area contributed by atoms with Gasteiger partial charge in [-0.25, -0.2) is 13.8 Å². The van der Waals surface area contributed by atoms with Gasteiger partial charge in [0.2, 0.25) is 6.23 Å². The smallest absolute Gasteiger partial charge is 0.213 e. The number of hydrogen-bond acceptors (Lipinski definition) is 3. The van der Waals surface area contributed by atoms with E-state index in [1.807, 2.05) is 53.5 Å². The van der Waals surface area contributed by atoms with Gasteiger partial charge in [-0.3, -0.25) is 0 Å². The van der Waals surface area contributed by atoms with Crippen molar-refractivity contribution in [2.75, 3.05) is 0 Å². The van der Waals surface area contributed by atoms with Crippen LogP contribution in [0, 0.1) is 11.6 Å². The van der Waals surface area contributed by atoms with Gasteiger partial charge in [0.05, 0.1) is 11.8 Å². The fraction of sp³-hybridized carbons (Fsp3) is 0.136. The Balaban J connectivity index is 1.59. The van der Waals surface area contributed by atoms with E-state index in [0.717, 1.165) is 28.7 Å². The molecule has 2 heterocycles. The van der Waals surface area contributed by atoms with Gasteiger partial charge >= 0.3 is 0 Å². The molecule has 2 atom stereocenters. The molecule has 0 spiro atoms. The molecule has 140 valence electrons. The molecule has 5 rings (SSSR count). The van der Waals surface area contributed by atoms with Crippen molar-refractivity contribution in [1.29, 1.82) is 0 Å². The maximum atomic E-state index is 13.9. The van der Waals surface area contributed by atoms with Crippen LogP contribution < -0.4 is 4.74 Å². The Bertz CT molecular complexity index is 1080. The minimum absolute atomic E-state index is 0.0475. The molecule has 0 radical (unpaired) electrons. The van der Waals surface area contributed by atoms with E-state index in [9.17, 15) is 8.78 Å². The molecular weight excluding hydrogens is 382 g/mol. The number of fused-ring (bicyclic) bond motifs is 3. The largest absolute Gasteiger partial charge is 0.464 e. The molecule has 0 saturated heterocycles. The van der Waals surface area contributed by atoms with Crippen LogP contribution in [0.4, 0.5) is 8.78 Å². The molecule has 0 aliphatic carbocycles. The molecule has 3 nitrogen and oxygen atoms in total. The van der Waals surface area contributed by atoms with Gasteiger partial charge in [0.15, 0.2) is 11.6 Å². The Labute approximate surface area is 165 Å². The van der Waals surface area contributed by atoms with E-state index >= 15 is 0 Å². The van der Waals surface area contributed by atoms with Crippen molar-refractivity contribution in [3.05, 3.63) is 100 Å². The summed E-state index contributed by atoms with van der Waals surface area (Å²) in [5.74, 6) is -1.06. The van der Waals surface area contributed by atoms with E-state index in [-0.39, 0.29) is 6.04 Å².